The normalized spacial score (nSPS) is 23.0. The summed E-state index contributed by atoms with van der Waals surface area (Å²) in [6, 6.07) is 7.58. The van der Waals surface area contributed by atoms with E-state index in [1.54, 1.807) is 25.1 Å². The number of likely N-dealkylation sites (tertiary alicyclic amines) is 1. The summed E-state index contributed by atoms with van der Waals surface area (Å²) >= 11 is 2.14. The molecule has 1 fully saturated rings. The van der Waals surface area contributed by atoms with Gasteiger partial charge in [-0.25, -0.2) is 4.79 Å². The second kappa shape index (κ2) is 7.44. The van der Waals surface area contributed by atoms with Crippen LogP contribution in [0.1, 0.15) is 50.4 Å². The number of rotatable bonds is 3. The number of benzene rings is 1. The van der Waals surface area contributed by atoms with E-state index in [0.717, 1.165) is 22.8 Å². The molecule has 1 saturated heterocycles. The minimum absolute atomic E-state index is 0.0984. The van der Waals surface area contributed by atoms with Crippen LogP contribution in [0.2, 0.25) is 0 Å². The lowest BCUT2D eigenvalue weighted by Crippen LogP contribution is -2.51. The van der Waals surface area contributed by atoms with Crippen molar-refractivity contribution in [3.63, 3.8) is 0 Å². The molecular weight excluding hydrogens is 393 g/mol. The predicted molar refractivity (Wildman–Crippen MR) is 93.7 cm³/mol. The Balaban J connectivity index is 2.03. The third-order valence-electron chi connectivity index (χ3n) is 4.14. The van der Waals surface area contributed by atoms with Crippen molar-refractivity contribution in [2.75, 3.05) is 0 Å². The number of halogens is 1. The molecule has 1 aromatic rings. The molecule has 1 amide bonds. The van der Waals surface area contributed by atoms with Gasteiger partial charge in [0.2, 0.25) is 0 Å². The SMILES string of the molecule is C[C@@H]1CCC[C@H](C)N1C(=O)[C@@H](C)OC(=O)c1cccc(I)c1. The molecule has 0 spiro atoms. The Morgan fingerprint density at radius 3 is 2.50 bits per heavy atom. The predicted octanol–water partition coefficient (Wildman–Crippen LogP) is 3.63. The third-order valence-corrected chi connectivity index (χ3v) is 4.81. The molecule has 2 rings (SSSR count). The highest BCUT2D eigenvalue weighted by molar-refractivity contribution is 14.1. The number of esters is 1. The van der Waals surface area contributed by atoms with Gasteiger partial charge in [-0.2, -0.15) is 0 Å². The molecule has 0 unspecified atom stereocenters. The van der Waals surface area contributed by atoms with Gasteiger partial charge >= 0.3 is 5.97 Å². The number of piperidine rings is 1. The zero-order chi connectivity index (χ0) is 16.3. The molecular formula is C17H22INO3. The van der Waals surface area contributed by atoms with Crippen LogP contribution < -0.4 is 0 Å². The van der Waals surface area contributed by atoms with Gasteiger partial charge in [0.25, 0.3) is 5.91 Å². The van der Waals surface area contributed by atoms with Gasteiger partial charge in [-0.3, -0.25) is 4.79 Å². The molecule has 0 radical (unpaired) electrons. The average Bonchev–Trinajstić information content (AvgIpc) is 2.46. The van der Waals surface area contributed by atoms with Crippen molar-refractivity contribution in [2.45, 2.75) is 58.2 Å². The lowest BCUT2D eigenvalue weighted by Gasteiger charge is -2.40. The molecule has 1 aliphatic heterocycles. The van der Waals surface area contributed by atoms with Crippen LogP contribution in [-0.2, 0) is 9.53 Å². The molecule has 1 aromatic carbocycles. The maximum atomic E-state index is 12.6. The zero-order valence-corrected chi connectivity index (χ0v) is 15.4. The first-order chi connectivity index (χ1) is 10.4. The molecule has 5 heteroatoms. The molecule has 0 N–H and O–H groups in total. The van der Waals surface area contributed by atoms with Gasteiger partial charge in [-0.1, -0.05) is 6.07 Å². The van der Waals surface area contributed by atoms with Crippen LogP contribution in [0.5, 0.6) is 0 Å². The second-order valence-corrected chi connectivity index (χ2v) is 7.18. The molecule has 4 nitrogen and oxygen atoms in total. The van der Waals surface area contributed by atoms with Gasteiger partial charge in [0, 0.05) is 15.7 Å². The Hall–Kier alpha value is -1.11. The molecule has 0 aliphatic carbocycles. The highest BCUT2D eigenvalue weighted by atomic mass is 127. The van der Waals surface area contributed by atoms with E-state index in [-0.39, 0.29) is 18.0 Å². The van der Waals surface area contributed by atoms with Crippen LogP contribution in [0.25, 0.3) is 0 Å². The van der Waals surface area contributed by atoms with E-state index in [4.69, 9.17) is 4.74 Å². The minimum atomic E-state index is -0.756. The lowest BCUT2D eigenvalue weighted by atomic mass is 9.97. The monoisotopic (exact) mass is 415 g/mol. The molecule has 0 bridgehead atoms. The summed E-state index contributed by atoms with van der Waals surface area (Å²) in [5.41, 5.74) is 0.478. The number of amides is 1. The number of nitrogens with zero attached hydrogens (tertiary/aromatic N) is 1. The maximum Gasteiger partial charge on any atom is 0.338 e. The third kappa shape index (κ3) is 4.00. The Morgan fingerprint density at radius 2 is 1.91 bits per heavy atom. The fourth-order valence-corrected chi connectivity index (χ4v) is 3.50. The summed E-state index contributed by atoms with van der Waals surface area (Å²) in [5.74, 6) is -0.546. The second-order valence-electron chi connectivity index (χ2n) is 5.93. The molecule has 3 atom stereocenters. The van der Waals surface area contributed by atoms with Crippen molar-refractivity contribution in [1.29, 1.82) is 0 Å². The van der Waals surface area contributed by atoms with Crippen molar-refractivity contribution in [2.24, 2.45) is 0 Å². The van der Waals surface area contributed by atoms with Crippen LogP contribution in [0.15, 0.2) is 24.3 Å². The van der Waals surface area contributed by atoms with Crippen LogP contribution in [0, 0.1) is 3.57 Å². The summed E-state index contributed by atoms with van der Waals surface area (Å²) in [6.45, 7) is 5.77. The fourth-order valence-electron chi connectivity index (χ4n) is 2.96. The molecule has 22 heavy (non-hydrogen) atoms. The Kier molecular flexibility index (Phi) is 5.83. The van der Waals surface area contributed by atoms with Gasteiger partial charge in [0.1, 0.15) is 0 Å². The highest BCUT2D eigenvalue weighted by Crippen LogP contribution is 2.24. The van der Waals surface area contributed by atoms with Crippen LogP contribution in [0.3, 0.4) is 0 Å². The summed E-state index contributed by atoms with van der Waals surface area (Å²) in [6.07, 6.45) is 2.40. The van der Waals surface area contributed by atoms with Crippen LogP contribution in [-0.4, -0.2) is 35.0 Å². The number of ether oxygens (including phenoxy) is 1. The van der Waals surface area contributed by atoms with Gasteiger partial charge in [0.05, 0.1) is 5.56 Å². The summed E-state index contributed by atoms with van der Waals surface area (Å²) in [5, 5.41) is 0. The van der Waals surface area contributed by atoms with E-state index in [1.165, 1.54) is 0 Å². The van der Waals surface area contributed by atoms with Crippen molar-refractivity contribution in [3.05, 3.63) is 33.4 Å². The van der Waals surface area contributed by atoms with Gasteiger partial charge in [-0.15, -0.1) is 0 Å². The van der Waals surface area contributed by atoms with Crippen LogP contribution >= 0.6 is 22.6 Å². The van der Waals surface area contributed by atoms with E-state index in [0.29, 0.717) is 5.56 Å². The van der Waals surface area contributed by atoms with E-state index in [9.17, 15) is 9.59 Å². The van der Waals surface area contributed by atoms with E-state index in [2.05, 4.69) is 36.4 Å². The number of carbonyl (C=O) groups is 2. The first-order valence-corrected chi connectivity index (χ1v) is 8.76. The minimum Gasteiger partial charge on any atom is -0.449 e. The number of hydrogen-bond donors (Lipinski definition) is 0. The molecule has 1 heterocycles. The highest BCUT2D eigenvalue weighted by Gasteiger charge is 2.33. The Labute approximate surface area is 145 Å². The molecule has 1 aliphatic rings. The Morgan fingerprint density at radius 1 is 1.27 bits per heavy atom. The molecule has 0 aromatic heterocycles. The Bertz CT molecular complexity index is 551. The summed E-state index contributed by atoms with van der Waals surface area (Å²) in [4.78, 5) is 26.6. The smallest absolute Gasteiger partial charge is 0.338 e. The number of carbonyl (C=O) groups excluding carboxylic acids is 2. The number of hydrogen-bond acceptors (Lipinski definition) is 3. The first-order valence-electron chi connectivity index (χ1n) is 7.69. The topological polar surface area (TPSA) is 46.6 Å². The van der Waals surface area contributed by atoms with Gasteiger partial charge in [-0.05, 0) is 80.8 Å². The van der Waals surface area contributed by atoms with Gasteiger partial charge in [0.15, 0.2) is 6.10 Å². The van der Waals surface area contributed by atoms with E-state index >= 15 is 0 Å². The summed E-state index contributed by atoms with van der Waals surface area (Å²) < 4.78 is 6.33. The lowest BCUT2D eigenvalue weighted by molar-refractivity contribution is -0.146. The van der Waals surface area contributed by atoms with E-state index in [1.807, 2.05) is 11.0 Å². The van der Waals surface area contributed by atoms with Gasteiger partial charge < -0.3 is 9.64 Å². The molecule has 120 valence electrons. The average molecular weight is 415 g/mol. The van der Waals surface area contributed by atoms with Crippen molar-refractivity contribution in [1.82, 2.24) is 4.90 Å². The fraction of sp³-hybridized carbons (Fsp3) is 0.529. The van der Waals surface area contributed by atoms with Crippen molar-refractivity contribution in [3.8, 4) is 0 Å². The summed E-state index contributed by atoms with van der Waals surface area (Å²) in [7, 11) is 0. The largest absolute Gasteiger partial charge is 0.449 e. The first kappa shape index (κ1) is 17.2. The molecule has 0 saturated carbocycles. The van der Waals surface area contributed by atoms with Crippen molar-refractivity contribution >= 4 is 34.5 Å². The quantitative estimate of drug-likeness (QED) is 0.560. The maximum absolute atomic E-state index is 12.6. The standard InChI is InChI=1S/C17H22INO3/c1-11-6-4-7-12(2)19(11)16(20)13(3)22-17(21)14-8-5-9-15(18)10-14/h5,8-13H,4,6-7H2,1-3H3/t11-,12+,13-/m1/s1. The van der Waals surface area contributed by atoms with Crippen molar-refractivity contribution < 1.29 is 14.3 Å². The zero-order valence-electron chi connectivity index (χ0n) is 13.2. The van der Waals surface area contributed by atoms with E-state index < -0.39 is 12.1 Å². The van der Waals surface area contributed by atoms with Crippen LogP contribution in [0.4, 0.5) is 0 Å².